The van der Waals surface area contributed by atoms with Crippen molar-refractivity contribution < 1.29 is 9.53 Å². The first-order chi connectivity index (χ1) is 9.44. The zero-order chi connectivity index (χ0) is 14.7. The molecule has 0 saturated carbocycles. The van der Waals surface area contributed by atoms with Crippen LogP contribution in [0.1, 0.15) is 32.6 Å². The van der Waals surface area contributed by atoms with Crippen LogP contribution in [0.5, 0.6) is 0 Å². The molecule has 0 spiro atoms. The van der Waals surface area contributed by atoms with Gasteiger partial charge in [-0.25, -0.2) is 4.79 Å². The van der Waals surface area contributed by atoms with Gasteiger partial charge in [0.25, 0.3) is 0 Å². The molecular weight excluding hydrogens is 250 g/mol. The van der Waals surface area contributed by atoms with Crippen LogP contribution in [-0.2, 0) is 11.3 Å². The van der Waals surface area contributed by atoms with E-state index >= 15 is 0 Å². The minimum absolute atomic E-state index is 0.273. The summed E-state index contributed by atoms with van der Waals surface area (Å²) in [5.41, 5.74) is 11.1. The van der Waals surface area contributed by atoms with Crippen molar-refractivity contribution in [2.75, 3.05) is 5.73 Å². The SMILES string of the molecule is Cc1cc(C)cc(COC(=O)c2cc(C)cc(N)c2)c1. The van der Waals surface area contributed by atoms with E-state index in [4.69, 9.17) is 10.5 Å². The maximum Gasteiger partial charge on any atom is 0.338 e. The summed E-state index contributed by atoms with van der Waals surface area (Å²) >= 11 is 0. The lowest BCUT2D eigenvalue weighted by Crippen LogP contribution is -2.06. The molecule has 2 aromatic rings. The second-order valence-electron chi connectivity index (χ2n) is 5.20. The molecule has 3 heteroatoms. The van der Waals surface area contributed by atoms with E-state index < -0.39 is 0 Å². The topological polar surface area (TPSA) is 52.3 Å². The molecule has 20 heavy (non-hydrogen) atoms. The van der Waals surface area contributed by atoms with Gasteiger partial charge in [0.2, 0.25) is 0 Å². The first-order valence-corrected chi connectivity index (χ1v) is 6.55. The lowest BCUT2D eigenvalue weighted by Gasteiger charge is -2.08. The van der Waals surface area contributed by atoms with Crippen molar-refractivity contribution >= 4 is 11.7 Å². The lowest BCUT2D eigenvalue weighted by molar-refractivity contribution is 0.0472. The van der Waals surface area contributed by atoms with E-state index in [2.05, 4.69) is 6.07 Å². The molecule has 0 aliphatic heterocycles. The fourth-order valence-corrected chi connectivity index (χ4v) is 2.32. The maximum atomic E-state index is 12.0. The predicted octanol–water partition coefficient (Wildman–Crippen LogP) is 3.55. The molecule has 3 nitrogen and oxygen atoms in total. The summed E-state index contributed by atoms with van der Waals surface area (Å²) in [6.45, 7) is 6.23. The van der Waals surface area contributed by atoms with Crippen LogP contribution in [0.25, 0.3) is 0 Å². The molecule has 0 aliphatic carbocycles. The third kappa shape index (κ3) is 3.60. The van der Waals surface area contributed by atoms with Crippen LogP contribution in [0.3, 0.4) is 0 Å². The Hall–Kier alpha value is -2.29. The number of esters is 1. The minimum Gasteiger partial charge on any atom is -0.457 e. The zero-order valence-electron chi connectivity index (χ0n) is 12.1. The molecular formula is C17H19NO2. The van der Waals surface area contributed by atoms with Gasteiger partial charge in [0.1, 0.15) is 6.61 Å². The molecule has 104 valence electrons. The van der Waals surface area contributed by atoms with Crippen LogP contribution >= 0.6 is 0 Å². The summed E-state index contributed by atoms with van der Waals surface area (Å²) in [6, 6.07) is 11.4. The predicted molar refractivity (Wildman–Crippen MR) is 80.6 cm³/mol. The smallest absolute Gasteiger partial charge is 0.338 e. The van der Waals surface area contributed by atoms with E-state index in [-0.39, 0.29) is 12.6 Å². The van der Waals surface area contributed by atoms with Crippen LogP contribution in [0.4, 0.5) is 5.69 Å². The number of benzene rings is 2. The molecule has 0 amide bonds. The van der Waals surface area contributed by atoms with Gasteiger partial charge in [0, 0.05) is 5.69 Å². The average Bonchev–Trinajstić information content (AvgIpc) is 2.33. The number of aryl methyl sites for hydroxylation is 3. The average molecular weight is 269 g/mol. The van der Waals surface area contributed by atoms with E-state index in [9.17, 15) is 4.79 Å². The number of nitrogen functional groups attached to an aromatic ring is 1. The van der Waals surface area contributed by atoms with E-state index in [0.717, 1.165) is 22.3 Å². The Labute approximate surface area is 119 Å². The molecule has 2 rings (SSSR count). The molecule has 2 N–H and O–H groups in total. The van der Waals surface area contributed by atoms with Gasteiger partial charge in [-0.1, -0.05) is 29.3 Å². The molecule has 0 bridgehead atoms. The van der Waals surface area contributed by atoms with Gasteiger partial charge in [-0.15, -0.1) is 0 Å². The van der Waals surface area contributed by atoms with Crippen LogP contribution in [-0.4, -0.2) is 5.97 Å². The second kappa shape index (κ2) is 5.78. The Morgan fingerprint density at radius 2 is 1.55 bits per heavy atom. The highest BCUT2D eigenvalue weighted by atomic mass is 16.5. The van der Waals surface area contributed by atoms with Crippen molar-refractivity contribution in [2.45, 2.75) is 27.4 Å². The van der Waals surface area contributed by atoms with Gasteiger partial charge in [0.05, 0.1) is 5.56 Å². The number of carbonyl (C=O) groups excluding carboxylic acids is 1. The van der Waals surface area contributed by atoms with Gasteiger partial charge in [-0.05, 0) is 50.1 Å². The number of hydrogen-bond acceptors (Lipinski definition) is 3. The third-order valence-electron chi connectivity index (χ3n) is 2.99. The van der Waals surface area contributed by atoms with Gasteiger partial charge < -0.3 is 10.5 Å². The van der Waals surface area contributed by atoms with Gasteiger partial charge in [-0.2, -0.15) is 0 Å². The fourth-order valence-electron chi connectivity index (χ4n) is 2.32. The number of anilines is 1. The Morgan fingerprint density at radius 1 is 0.950 bits per heavy atom. The van der Waals surface area contributed by atoms with Crippen molar-refractivity contribution in [3.05, 3.63) is 64.2 Å². The standard InChI is InChI=1S/C17H19NO2/c1-11-4-12(2)6-14(5-11)10-20-17(19)15-7-13(3)8-16(18)9-15/h4-9H,10,18H2,1-3H3. The quantitative estimate of drug-likeness (QED) is 0.684. The number of ether oxygens (including phenoxy) is 1. The van der Waals surface area contributed by atoms with Crippen LogP contribution in [0.2, 0.25) is 0 Å². The molecule has 0 heterocycles. The molecule has 0 aromatic heterocycles. The third-order valence-corrected chi connectivity index (χ3v) is 2.99. The molecule has 0 aliphatic rings. The summed E-state index contributed by atoms with van der Waals surface area (Å²) in [5.74, 6) is -0.348. The Morgan fingerprint density at radius 3 is 2.15 bits per heavy atom. The second-order valence-corrected chi connectivity index (χ2v) is 5.20. The number of hydrogen-bond donors (Lipinski definition) is 1. The van der Waals surface area contributed by atoms with Gasteiger partial charge in [-0.3, -0.25) is 0 Å². The highest BCUT2D eigenvalue weighted by Crippen LogP contribution is 2.14. The molecule has 0 atom stereocenters. The summed E-state index contributed by atoms with van der Waals surface area (Å²) in [4.78, 5) is 12.0. The Bertz CT molecular complexity index is 607. The number of rotatable bonds is 3. The highest BCUT2D eigenvalue weighted by molar-refractivity contribution is 5.90. The normalized spacial score (nSPS) is 10.3. The van der Waals surface area contributed by atoms with Crippen molar-refractivity contribution in [1.82, 2.24) is 0 Å². The summed E-state index contributed by atoms with van der Waals surface area (Å²) in [7, 11) is 0. The molecule has 0 unspecified atom stereocenters. The first-order valence-electron chi connectivity index (χ1n) is 6.55. The Kier molecular flexibility index (Phi) is 4.08. The molecule has 0 saturated heterocycles. The summed E-state index contributed by atoms with van der Waals surface area (Å²) in [6.07, 6.45) is 0. The van der Waals surface area contributed by atoms with Gasteiger partial charge >= 0.3 is 5.97 Å². The number of carbonyl (C=O) groups is 1. The van der Waals surface area contributed by atoms with Crippen molar-refractivity contribution in [3.8, 4) is 0 Å². The summed E-state index contributed by atoms with van der Waals surface area (Å²) < 4.78 is 5.34. The highest BCUT2D eigenvalue weighted by Gasteiger charge is 2.09. The van der Waals surface area contributed by atoms with Crippen LogP contribution in [0.15, 0.2) is 36.4 Å². The molecule has 2 aromatic carbocycles. The van der Waals surface area contributed by atoms with E-state index in [1.807, 2.05) is 39.0 Å². The van der Waals surface area contributed by atoms with E-state index in [1.54, 1.807) is 12.1 Å². The van der Waals surface area contributed by atoms with Crippen molar-refractivity contribution in [2.24, 2.45) is 0 Å². The molecule has 0 radical (unpaired) electrons. The summed E-state index contributed by atoms with van der Waals surface area (Å²) in [5, 5.41) is 0. The Balaban J connectivity index is 2.08. The maximum absolute atomic E-state index is 12.0. The zero-order valence-corrected chi connectivity index (χ0v) is 12.1. The van der Waals surface area contributed by atoms with Crippen molar-refractivity contribution in [3.63, 3.8) is 0 Å². The number of nitrogens with two attached hydrogens (primary N) is 1. The fraction of sp³-hybridized carbons (Fsp3) is 0.235. The van der Waals surface area contributed by atoms with Crippen LogP contribution in [0, 0.1) is 20.8 Å². The van der Waals surface area contributed by atoms with E-state index in [0.29, 0.717) is 11.3 Å². The largest absolute Gasteiger partial charge is 0.457 e. The first kappa shape index (κ1) is 14.1. The van der Waals surface area contributed by atoms with Crippen molar-refractivity contribution in [1.29, 1.82) is 0 Å². The van der Waals surface area contributed by atoms with Crippen LogP contribution < -0.4 is 5.73 Å². The minimum atomic E-state index is -0.348. The lowest BCUT2D eigenvalue weighted by atomic mass is 10.1. The van der Waals surface area contributed by atoms with Gasteiger partial charge in [0.15, 0.2) is 0 Å². The molecule has 0 fully saturated rings. The monoisotopic (exact) mass is 269 g/mol. The van der Waals surface area contributed by atoms with E-state index in [1.165, 1.54) is 0 Å².